The van der Waals surface area contributed by atoms with E-state index in [1.165, 1.54) is 24.9 Å². The summed E-state index contributed by atoms with van der Waals surface area (Å²) in [5.41, 5.74) is 0. The summed E-state index contributed by atoms with van der Waals surface area (Å²) in [6.07, 6.45) is 5.38. The minimum Gasteiger partial charge on any atom is -0.469 e. The van der Waals surface area contributed by atoms with Gasteiger partial charge in [0.25, 0.3) is 0 Å². The molecule has 0 spiro atoms. The van der Waals surface area contributed by atoms with Gasteiger partial charge in [-0.15, -0.1) is 11.3 Å². The van der Waals surface area contributed by atoms with E-state index in [9.17, 15) is 13.2 Å². The van der Waals surface area contributed by atoms with Crippen molar-refractivity contribution >= 4 is 27.3 Å². The number of sulfonamides is 1. The van der Waals surface area contributed by atoms with E-state index in [2.05, 4.69) is 9.46 Å². The van der Waals surface area contributed by atoms with Crippen LogP contribution in [0.1, 0.15) is 49.4 Å². The first-order valence-corrected chi connectivity index (χ1v) is 10.1. The van der Waals surface area contributed by atoms with Gasteiger partial charge in [-0.05, 0) is 30.2 Å². The Hall–Kier alpha value is -0.920. The van der Waals surface area contributed by atoms with Crippen molar-refractivity contribution in [3.63, 3.8) is 0 Å². The summed E-state index contributed by atoms with van der Waals surface area (Å²) < 4.78 is 32.2. The normalized spacial score (nSPS) is 18.0. The van der Waals surface area contributed by atoms with E-state index in [1.54, 1.807) is 0 Å². The highest BCUT2D eigenvalue weighted by molar-refractivity contribution is 7.89. The number of esters is 1. The third-order valence-corrected chi connectivity index (χ3v) is 6.53. The number of carbonyl (C=O) groups excluding carboxylic acids is 1. The second-order valence-electron chi connectivity index (χ2n) is 5.75. The third kappa shape index (κ3) is 5.37. The number of hydrogen-bond donors (Lipinski definition) is 1. The largest absolute Gasteiger partial charge is 0.469 e. The lowest BCUT2D eigenvalue weighted by Crippen LogP contribution is -2.34. The van der Waals surface area contributed by atoms with Gasteiger partial charge in [-0.25, -0.2) is 13.1 Å². The first kappa shape index (κ1) is 17.4. The van der Waals surface area contributed by atoms with Crippen LogP contribution in [0, 0.1) is 5.92 Å². The molecule has 0 aromatic carbocycles. The van der Waals surface area contributed by atoms with Crippen molar-refractivity contribution in [2.75, 3.05) is 12.9 Å². The van der Waals surface area contributed by atoms with Crippen molar-refractivity contribution in [3.8, 4) is 0 Å². The Labute approximate surface area is 136 Å². The van der Waals surface area contributed by atoms with Crippen molar-refractivity contribution in [3.05, 3.63) is 22.4 Å². The molecule has 0 saturated heterocycles. The molecule has 1 heterocycles. The Balaban J connectivity index is 2.03. The highest BCUT2D eigenvalue weighted by Gasteiger charge is 2.26. The van der Waals surface area contributed by atoms with Gasteiger partial charge in [0.15, 0.2) is 0 Å². The highest BCUT2D eigenvalue weighted by atomic mass is 32.2. The summed E-state index contributed by atoms with van der Waals surface area (Å²) >= 11 is 1.44. The van der Waals surface area contributed by atoms with Crippen molar-refractivity contribution in [2.24, 2.45) is 5.92 Å². The molecule has 1 saturated carbocycles. The highest BCUT2D eigenvalue weighted by Crippen LogP contribution is 2.27. The van der Waals surface area contributed by atoms with E-state index in [-0.39, 0.29) is 18.1 Å². The van der Waals surface area contributed by atoms with Gasteiger partial charge in [-0.2, -0.15) is 0 Å². The van der Waals surface area contributed by atoms with E-state index in [0.29, 0.717) is 0 Å². The second kappa shape index (κ2) is 8.08. The fourth-order valence-electron chi connectivity index (χ4n) is 2.87. The molecule has 1 aliphatic rings. The van der Waals surface area contributed by atoms with Crippen LogP contribution in [-0.2, 0) is 19.6 Å². The van der Waals surface area contributed by atoms with Gasteiger partial charge in [-0.1, -0.05) is 25.3 Å². The number of ether oxygens (including phenoxy) is 1. The van der Waals surface area contributed by atoms with Crippen molar-refractivity contribution in [1.82, 2.24) is 4.72 Å². The summed E-state index contributed by atoms with van der Waals surface area (Å²) in [4.78, 5) is 12.4. The van der Waals surface area contributed by atoms with E-state index in [1.807, 2.05) is 17.5 Å². The van der Waals surface area contributed by atoms with Crippen LogP contribution in [0.3, 0.4) is 0 Å². The Morgan fingerprint density at radius 1 is 1.41 bits per heavy atom. The van der Waals surface area contributed by atoms with Gasteiger partial charge in [0.1, 0.15) is 0 Å². The van der Waals surface area contributed by atoms with Crippen LogP contribution in [0.5, 0.6) is 0 Å². The van der Waals surface area contributed by atoms with Gasteiger partial charge in [0, 0.05) is 4.88 Å². The first-order valence-electron chi connectivity index (χ1n) is 7.60. The zero-order chi connectivity index (χ0) is 16.0. The quantitative estimate of drug-likeness (QED) is 0.771. The maximum atomic E-state index is 12.4. The average molecular weight is 345 g/mol. The molecule has 1 aromatic rings. The van der Waals surface area contributed by atoms with E-state index in [4.69, 9.17) is 0 Å². The van der Waals surface area contributed by atoms with Crippen LogP contribution in [0.25, 0.3) is 0 Å². The molecule has 0 aliphatic heterocycles. The molecule has 124 valence electrons. The van der Waals surface area contributed by atoms with Crippen LogP contribution >= 0.6 is 11.3 Å². The topological polar surface area (TPSA) is 72.5 Å². The van der Waals surface area contributed by atoms with Crippen LogP contribution in [-0.4, -0.2) is 27.2 Å². The van der Waals surface area contributed by atoms with Gasteiger partial charge in [-0.3, -0.25) is 4.79 Å². The molecule has 0 amide bonds. The van der Waals surface area contributed by atoms with Gasteiger partial charge < -0.3 is 4.74 Å². The molecule has 1 atom stereocenters. The molecule has 1 fully saturated rings. The van der Waals surface area contributed by atoms with Gasteiger partial charge in [0.05, 0.1) is 25.3 Å². The molecular formula is C15H23NO4S2. The maximum Gasteiger partial charge on any atom is 0.307 e. The lowest BCUT2D eigenvalue weighted by atomic mass is 9.91. The number of nitrogens with one attached hydrogen (secondary N) is 1. The Bertz CT molecular complexity index is 562. The number of thiophene rings is 1. The molecule has 0 radical (unpaired) electrons. The predicted octanol–water partition coefficient (Wildman–Crippen LogP) is 2.85. The number of rotatable bonds is 7. The Morgan fingerprint density at radius 3 is 2.73 bits per heavy atom. The zero-order valence-corrected chi connectivity index (χ0v) is 14.4. The van der Waals surface area contributed by atoms with Crippen LogP contribution in [0.15, 0.2) is 17.5 Å². The lowest BCUT2D eigenvalue weighted by molar-refractivity contribution is -0.141. The molecule has 1 aliphatic carbocycles. The molecule has 22 heavy (non-hydrogen) atoms. The molecule has 7 heteroatoms. The minimum atomic E-state index is -3.41. The number of carbonyl (C=O) groups is 1. The van der Waals surface area contributed by atoms with Crippen molar-refractivity contribution < 1.29 is 17.9 Å². The summed E-state index contributed by atoms with van der Waals surface area (Å²) in [7, 11) is -2.10. The zero-order valence-electron chi connectivity index (χ0n) is 12.8. The number of hydrogen-bond acceptors (Lipinski definition) is 5. The molecule has 0 bridgehead atoms. The summed E-state index contributed by atoms with van der Waals surface area (Å²) in [5, 5.41) is 1.87. The number of methoxy groups -OCH3 is 1. The SMILES string of the molecule is COC(=O)CC(NS(=O)(=O)CC1CCCCC1)c1cccs1. The van der Waals surface area contributed by atoms with Crippen LogP contribution in [0.2, 0.25) is 0 Å². The monoisotopic (exact) mass is 345 g/mol. The Kier molecular flexibility index (Phi) is 6.40. The molecule has 1 N–H and O–H groups in total. The summed E-state index contributed by atoms with van der Waals surface area (Å²) in [6, 6.07) is 3.14. The summed E-state index contributed by atoms with van der Waals surface area (Å²) in [5.74, 6) is -0.0390. The lowest BCUT2D eigenvalue weighted by Gasteiger charge is -2.23. The molecular weight excluding hydrogens is 322 g/mol. The predicted molar refractivity (Wildman–Crippen MR) is 87.2 cm³/mol. The molecule has 1 unspecified atom stereocenters. The third-order valence-electron chi connectivity index (χ3n) is 3.99. The smallest absolute Gasteiger partial charge is 0.307 e. The average Bonchev–Trinajstić information content (AvgIpc) is 3.01. The van der Waals surface area contributed by atoms with E-state index >= 15 is 0 Å². The second-order valence-corrected chi connectivity index (χ2v) is 8.53. The van der Waals surface area contributed by atoms with E-state index in [0.717, 1.165) is 30.6 Å². The van der Waals surface area contributed by atoms with Crippen LogP contribution < -0.4 is 4.72 Å². The fourth-order valence-corrected chi connectivity index (χ4v) is 5.42. The summed E-state index contributed by atoms with van der Waals surface area (Å²) in [6.45, 7) is 0. The molecule has 5 nitrogen and oxygen atoms in total. The minimum absolute atomic E-state index is 0.0148. The van der Waals surface area contributed by atoms with Gasteiger partial charge >= 0.3 is 5.97 Å². The maximum absolute atomic E-state index is 12.4. The first-order chi connectivity index (χ1) is 10.5. The molecule has 2 rings (SSSR count). The Morgan fingerprint density at radius 2 is 2.14 bits per heavy atom. The molecule has 1 aromatic heterocycles. The van der Waals surface area contributed by atoms with Gasteiger partial charge in [0.2, 0.25) is 10.0 Å². The fraction of sp³-hybridized carbons (Fsp3) is 0.667. The van der Waals surface area contributed by atoms with Crippen molar-refractivity contribution in [2.45, 2.75) is 44.6 Å². The standard InChI is InChI=1S/C15H23NO4S2/c1-20-15(17)10-13(14-8-5-9-21-14)16-22(18,19)11-12-6-3-2-4-7-12/h5,8-9,12-13,16H,2-4,6-7,10-11H2,1H3. The van der Waals surface area contributed by atoms with Crippen LogP contribution in [0.4, 0.5) is 0 Å². The van der Waals surface area contributed by atoms with E-state index < -0.39 is 22.0 Å². The van der Waals surface area contributed by atoms with Crippen molar-refractivity contribution in [1.29, 1.82) is 0 Å².